The second-order valence-corrected chi connectivity index (χ2v) is 6.76. The molecule has 0 radical (unpaired) electrons. The lowest BCUT2D eigenvalue weighted by Crippen LogP contribution is -2.45. The standard InChI is InChI=1S/C22H30N2O4.ClH/c1-25-12-13-28-21-9-8-17(14-22(21)27-3)16-24-11-10-23-15-19(24)18-6-4-5-7-20(18)26-2;/h4-9,14,19,23H,10-13,15-16H2,1-3H3;1H. The van der Waals surface area contributed by atoms with Crippen LogP contribution in [0, 0.1) is 0 Å². The molecule has 0 aromatic heterocycles. The average molecular weight is 423 g/mol. The zero-order chi connectivity index (χ0) is 19.8. The Morgan fingerprint density at radius 1 is 0.966 bits per heavy atom. The Hall–Kier alpha value is -1.99. The molecule has 6 nitrogen and oxygen atoms in total. The first-order valence-corrected chi connectivity index (χ1v) is 9.63. The van der Waals surface area contributed by atoms with Gasteiger partial charge in [-0.05, 0) is 23.8 Å². The molecule has 0 aliphatic carbocycles. The zero-order valence-electron chi connectivity index (χ0n) is 17.3. The van der Waals surface area contributed by atoms with Crippen molar-refractivity contribution in [2.24, 2.45) is 0 Å². The van der Waals surface area contributed by atoms with Crippen molar-refractivity contribution in [3.63, 3.8) is 0 Å². The van der Waals surface area contributed by atoms with Gasteiger partial charge in [0.25, 0.3) is 0 Å². The molecule has 160 valence electrons. The Kier molecular flexibility index (Phi) is 9.54. The van der Waals surface area contributed by atoms with E-state index in [1.54, 1.807) is 21.3 Å². The number of nitrogens with one attached hydrogen (secondary N) is 1. The summed E-state index contributed by atoms with van der Waals surface area (Å²) >= 11 is 0. The summed E-state index contributed by atoms with van der Waals surface area (Å²) in [6, 6.07) is 14.7. The van der Waals surface area contributed by atoms with Crippen LogP contribution in [0.3, 0.4) is 0 Å². The van der Waals surface area contributed by atoms with E-state index in [-0.39, 0.29) is 18.4 Å². The van der Waals surface area contributed by atoms with Crippen molar-refractivity contribution in [1.82, 2.24) is 10.2 Å². The summed E-state index contributed by atoms with van der Waals surface area (Å²) in [6.45, 7) is 4.72. The van der Waals surface area contributed by atoms with Gasteiger partial charge in [0.15, 0.2) is 11.5 Å². The van der Waals surface area contributed by atoms with E-state index in [9.17, 15) is 0 Å². The first-order valence-electron chi connectivity index (χ1n) is 9.63. The van der Waals surface area contributed by atoms with Gasteiger partial charge >= 0.3 is 0 Å². The third-order valence-corrected chi connectivity index (χ3v) is 5.01. The molecule has 1 fully saturated rings. The number of halogens is 1. The normalized spacial score (nSPS) is 16.7. The first kappa shape index (κ1) is 23.3. The number of piperazine rings is 1. The van der Waals surface area contributed by atoms with Gasteiger partial charge in [-0.3, -0.25) is 4.90 Å². The Bertz CT molecular complexity index is 759. The van der Waals surface area contributed by atoms with Crippen LogP contribution in [0.1, 0.15) is 17.2 Å². The highest BCUT2D eigenvalue weighted by molar-refractivity contribution is 5.85. The van der Waals surface area contributed by atoms with Crippen LogP contribution in [0.2, 0.25) is 0 Å². The van der Waals surface area contributed by atoms with Crippen molar-refractivity contribution in [2.45, 2.75) is 12.6 Å². The molecule has 1 aliphatic heterocycles. The molecule has 1 unspecified atom stereocenters. The number of ether oxygens (including phenoxy) is 4. The van der Waals surface area contributed by atoms with Gasteiger partial charge in [-0.1, -0.05) is 24.3 Å². The van der Waals surface area contributed by atoms with Gasteiger partial charge in [-0.25, -0.2) is 0 Å². The fraction of sp³-hybridized carbons (Fsp3) is 0.455. The van der Waals surface area contributed by atoms with Crippen LogP contribution in [0.25, 0.3) is 0 Å². The van der Waals surface area contributed by atoms with Crippen molar-refractivity contribution in [3.8, 4) is 17.2 Å². The maximum atomic E-state index is 5.74. The van der Waals surface area contributed by atoms with E-state index >= 15 is 0 Å². The summed E-state index contributed by atoms with van der Waals surface area (Å²) in [4.78, 5) is 2.48. The van der Waals surface area contributed by atoms with Gasteiger partial charge in [-0.15, -0.1) is 12.4 Å². The molecular weight excluding hydrogens is 392 g/mol. The van der Waals surface area contributed by atoms with Crippen LogP contribution in [-0.2, 0) is 11.3 Å². The largest absolute Gasteiger partial charge is 0.496 e. The molecule has 3 rings (SSSR count). The monoisotopic (exact) mass is 422 g/mol. The average Bonchev–Trinajstić information content (AvgIpc) is 2.75. The third-order valence-electron chi connectivity index (χ3n) is 5.01. The molecule has 1 atom stereocenters. The molecule has 2 aromatic carbocycles. The number of hydrogen-bond acceptors (Lipinski definition) is 6. The van der Waals surface area contributed by atoms with E-state index in [1.165, 1.54) is 11.1 Å². The summed E-state index contributed by atoms with van der Waals surface area (Å²) in [6.07, 6.45) is 0. The van der Waals surface area contributed by atoms with Crippen LogP contribution in [0.5, 0.6) is 17.2 Å². The SMILES string of the molecule is COCCOc1ccc(CN2CCNCC2c2ccccc2OC)cc1OC.Cl. The number of benzene rings is 2. The van der Waals surface area contributed by atoms with Crippen molar-refractivity contribution in [3.05, 3.63) is 53.6 Å². The van der Waals surface area contributed by atoms with Crippen LogP contribution in [-0.4, -0.2) is 59.1 Å². The molecule has 1 saturated heterocycles. The number of nitrogens with zero attached hydrogens (tertiary/aromatic N) is 1. The van der Waals surface area contributed by atoms with E-state index in [0.717, 1.165) is 43.4 Å². The highest BCUT2D eigenvalue weighted by Gasteiger charge is 2.26. The number of para-hydroxylation sites is 1. The summed E-state index contributed by atoms with van der Waals surface area (Å²) in [5, 5.41) is 3.51. The zero-order valence-corrected chi connectivity index (χ0v) is 18.2. The Morgan fingerprint density at radius 2 is 1.76 bits per heavy atom. The molecule has 1 heterocycles. The maximum absolute atomic E-state index is 5.74. The minimum Gasteiger partial charge on any atom is -0.496 e. The summed E-state index contributed by atoms with van der Waals surface area (Å²) < 4.78 is 21.9. The Balaban J connectivity index is 0.00000300. The molecule has 1 N–H and O–H groups in total. The van der Waals surface area contributed by atoms with E-state index in [2.05, 4.69) is 34.5 Å². The lowest BCUT2D eigenvalue weighted by molar-refractivity contribution is 0.143. The van der Waals surface area contributed by atoms with Crippen molar-refractivity contribution in [1.29, 1.82) is 0 Å². The summed E-state index contributed by atoms with van der Waals surface area (Å²) in [5.74, 6) is 2.42. The molecule has 1 aliphatic rings. The van der Waals surface area contributed by atoms with E-state index in [4.69, 9.17) is 18.9 Å². The van der Waals surface area contributed by atoms with Gasteiger partial charge in [-0.2, -0.15) is 0 Å². The van der Waals surface area contributed by atoms with Gasteiger partial charge < -0.3 is 24.3 Å². The quantitative estimate of drug-likeness (QED) is 0.626. The lowest BCUT2D eigenvalue weighted by atomic mass is 10.0. The number of rotatable bonds is 9. The highest BCUT2D eigenvalue weighted by Crippen LogP contribution is 2.33. The van der Waals surface area contributed by atoms with Crippen LogP contribution in [0.15, 0.2) is 42.5 Å². The highest BCUT2D eigenvalue weighted by atomic mass is 35.5. The Morgan fingerprint density at radius 3 is 2.52 bits per heavy atom. The predicted octanol–water partition coefficient (Wildman–Crippen LogP) is 3.30. The van der Waals surface area contributed by atoms with Crippen molar-refractivity contribution in [2.75, 3.05) is 54.2 Å². The minimum absolute atomic E-state index is 0. The minimum atomic E-state index is 0. The van der Waals surface area contributed by atoms with Crippen LogP contribution in [0.4, 0.5) is 0 Å². The number of methoxy groups -OCH3 is 3. The van der Waals surface area contributed by atoms with Crippen molar-refractivity contribution < 1.29 is 18.9 Å². The smallest absolute Gasteiger partial charge is 0.161 e. The molecule has 29 heavy (non-hydrogen) atoms. The Labute approximate surface area is 179 Å². The van der Waals surface area contributed by atoms with Crippen LogP contribution >= 0.6 is 12.4 Å². The first-order chi connectivity index (χ1) is 13.8. The topological polar surface area (TPSA) is 52.2 Å². The number of hydrogen-bond donors (Lipinski definition) is 1. The van der Waals surface area contributed by atoms with Crippen molar-refractivity contribution >= 4 is 12.4 Å². The third kappa shape index (κ3) is 6.00. The summed E-state index contributed by atoms with van der Waals surface area (Å²) in [7, 11) is 5.06. The molecule has 0 amide bonds. The van der Waals surface area contributed by atoms with Gasteiger partial charge in [0.1, 0.15) is 12.4 Å². The fourth-order valence-corrected chi connectivity index (χ4v) is 3.58. The van der Waals surface area contributed by atoms with E-state index in [0.29, 0.717) is 13.2 Å². The second kappa shape index (κ2) is 11.9. The molecule has 0 saturated carbocycles. The summed E-state index contributed by atoms with van der Waals surface area (Å²) in [5.41, 5.74) is 2.40. The van der Waals surface area contributed by atoms with Crippen LogP contribution < -0.4 is 19.5 Å². The molecule has 2 aromatic rings. The van der Waals surface area contributed by atoms with Gasteiger partial charge in [0.2, 0.25) is 0 Å². The predicted molar refractivity (Wildman–Crippen MR) is 117 cm³/mol. The second-order valence-electron chi connectivity index (χ2n) is 6.76. The van der Waals surface area contributed by atoms with E-state index < -0.39 is 0 Å². The molecule has 0 spiro atoms. The van der Waals surface area contributed by atoms with Gasteiger partial charge in [0.05, 0.1) is 26.9 Å². The maximum Gasteiger partial charge on any atom is 0.161 e. The lowest BCUT2D eigenvalue weighted by Gasteiger charge is -2.37. The molecular formula is C22H31ClN2O4. The van der Waals surface area contributed by atoms with E-state index in [1.807, 2.05) is 18.2 Å². The fourth-order valence-electron chi connectivity index (χ4n) is 3.58. The van der Waals surface area contributed by atoms with Gasteiger partial charge in [0, 0.05) is 38.9 Å². The molecule has 7 heteroatoms. The molecule has 0 bridgehead atoms.